The Balaban J connectivity index is 1.86. The third-order valence-electron chi connectivity index (χ3n) is 4.13. The van der Waals surface area contributed by atoms with E-state index in [9.17, 15) is 5.11 Å². The molecule has 0 amide bonds. The van der Waals surface area contributed by atoms with Gasteiger partial charge in [0.05, 0.1) is 16.1 Å². The average Bonchev–Trinajstić information content (AvgIpc) is 2.49. The van der Waals surface area contributed by atoms with E-state index in [2.05, 4.69) is 24.3 Å². The van der Waals surface area contributed by atoms with Gasteiger partial charge in [-0.05, 0) is 42.4 Å². The molecular weight excluding hydrogens is 291 g/mol. The van der Waals surface area contributed by atoms with Crippen LogP contribution in [-0.2, 0) is 12.8 Å². The minimum Gasteiger partial charge on any atom is -0.388 e. The zero-order valence-corrected chi connectivity index (χ0v) is 12.5. The SMILES string of the molecule is OC(c1cccc(Cl)c1Cl)C1CCc2ccccc2C1. The summed E-state index contributed by atoms with van der Waals surface area (Å²) in [5, 5.41) is 11.6. The number of rotatable bonds is 2. The molecule has 0 aliphatic heterocycles. The standard InChI is InChI=1S/C17H16Cl2O/c18-15-7-3-6-14(16(15)19)17(20)13-9-8-11-4-1-2-5-12(11)10-13/h1-7,13,17,20H,8-10H2. The molecule has 2 atom stereocenters. The van der Waals surface area contributed by atoms with Gasteiger partial charge in [0.2, 0.25) is 0 Å². The van der Waals surface area contributed by atoms with Gasteiger partial charge in [0.25, 0.3) is 0 Å². The highest BCUT2D eigenvalue weighted by Crippen LogP contribution is 2.38. The summed E-state index contributed by atoms with van der Waals surface area (Å²) in [6, 6.07) is 13.9. The number of aryl methyl sites for hydroxylation is 1. The first kappa shape index (κ1) is 13.9. The summed E-state index contributed by atoms with van der Waals surface area (Å²) in [6.07, 6.45) is 2.31. The van der Waals surface area contributed by atoms with Crippen molar-refractivity contribution in [1.29, 1.82) is 0 Å². The maximum Gasteiger partial charge on any atom is 0.0836 e. The lowest BCUT2D eigenvalue weighted by atomic mass is 9.79. The van der Waals surface area contributed by atoms with Crippen molar-refractivity contribution in [3.63, 3.8) is 0 Å². The molecule has 1 N–H and O–H groups in total. The summed E-state index contributed by atoms with van der Waals surface area (Å²) in [7, 11) is 0. The van der Waals surface area contributed by atoms with E-state index in [-0.39, 0.29) is 5.92 Å². The van der Waals surface area contributed by atoms with E-state index in [1.54, 1.807) is 6.07 Å². The lowest BCUT2D eigenvalue weighted by molar-refractivity contribution is 0.0996. The van der Waals surface area contributed by atoms with Crippen molar-refractivity contribution in [3.05, 3.63) is 69.2 Å². The minimum absolute atomic E-state index is 0.195. The van der Waals surface area contributed by atoms with Crippen molar-refractivity contribution in [2.75, 3.05) is 0 Å². The Labute approximate surface area is 129 Å². The van der Waals surface area contributed by atoms with Gasteiger partial charge < -0.3 is 5.11 Å². The van der Waals surface area contributed by atoms with Gasteiger partial charge in [-0.25, -0.2) is 0 Å². The normalized spacial score (nSPS) is 19.4. The first-order valence-corrected chi connectivity index (χ1v) is 7.61. The molecule has 0 saturated heterocycles. The van der Waals surface area contributed by atoms with Crippen LogP contribution >= 0.6 is 23.2 Å². The van der Waals surface area contributed by atoms with E-state index in [1.807, 2.05) is 12.1 Å². The number of halogens is 2. The van der Waals surface area contributed by atoms with Gasteiger partial charge in [0, 0.05) is 5.56 Å². The van der Waals surface area contributed by atoms with E-state index in [0.717, 1.165) is 24.8 Å². The Bertz CT molecular complexity index is 624. The van der Waals surface area contributed by atoms with Gasteiger partial charge >= 0.3 is 0 Å². The number of aliphatic hydroxyl groups excluding tert-OH is 1. The van der Waals surface area contributed by atoms with Gasteiger partial charge in [-0.15, -0.1) is 0 Å². The second-order valence-corrected chi connectivity index (χ2v) is 6.14. The van der Waals surface area contributed by atoms with E-state index in [0.29, 0.717) is 10.0 Å². The molecule has 1 nitrogen and oxygen atoms in total. The molecule has 2 aromatic rings. The van der Waals surface area contributed by atoms with Crippen molar-refractivity contribution >= 4 is 23.2 Å². The summed E-state index contributed by atoms with van der Waals surface area (Å²) in [5.41, 5.74) is 3.47. The van der Waals surface area contributed by atoms with Crippen LogP contribution in [0.15, 0.2) is 42.5 Å². The van der Waals surface area contributed by atoms with E-state index >= 15 is 0 Å². The van der Waals surface area contributed by atoms with Crippen molar-refractivity contribution in [2.45, 2.75) is 25.4 Å². The molecule has 1 aliphatic rings. The maximum atomic E-state index is 10.6. The van der Waals surface area contributed by atoms with Crippen molar-refractivity contribution in [3.8, 4) is 0 Å². The van der Waals surface area contributed by atoms with Crippen LogP contribution in [0.1, 0.15) is 29.2 Å². The quantitative estimate of drug-likeness (QED) is 0.842. The second kappa shape index (κ2) is 5.77. The van der Waals surface area contributed by atoms with E-state index in [1.165, 1.54) is 11.1 Å². The summed E-state index contributed by atoms with van der Waals surface area (Å²) < 4.78 is 0. The smallest absolute Gasteiger partial charge is 0.0836 e. The van der Waals surface area contributed by atoms with Crippen molar-refractivity contribution < 1.29 is 5.11 Å². The molecule has 2 unspecified atom stereocenters. The first-order valence-electron chi connectivity index (χ1n) is 6.85. The largest absolute Gasteiger partial charge is 0.388 e. The van der Waals surface area contributed by atoms with Gasteiger partial charge in [-0.1, -0.05) is 59.6 Å². The second-order valence-electron chi connectivity index (χ2n) is 5.36. The molecule has 1 aliphatic carbocycles. The molecule has 104 valence electrons. The fourth-order valence-electron chi connectivity index (χ4n) is 3.00. The fourth-order valence-corrected chi connectivity index (χ4v) is 3.42. The zero-order chi connectivity index (χ0) is 14.1. The average molecular weight is 307 g/mol. The Morgan fingerprint density at radius 3 is 2.55 bits per heavy atom. The Hall–Kier alpha value is -1.02. The van der Waals surface area contributed by atoms with Gasteiger partial charge in [0.1, 0.15) is 0 Å². The molecule has 3 heteroatoms. The third kappa shape index (κ3) is 2.58. The molecule has 0 aromatic heterocycles. The highest BCUT2D eigenvalue weighted by atomic mass is 35.5. The number of hydrogen-bond donors (Lipinski definition) is 1. The highest BCUT2D eigenvalue weighted by Gasteiger charge is 2.27. The number of aliphatic hydroxyl groups is 1. The van der Waals surface area contributed by atoms with E-state index < -0.39 is 6.10 Å². The van der Waals surface area contributed by atoms with Crippen LogP contribution in [0.2, 0.25) is 10.0 Å². The van der Waals surface area contributed by atoms with Gasteiger partial charge in [-0.2, -0.15) is 0 Å². The molecular formula is C17H16Cl2O. The molecule has 0 radical (unpaired) electrons. The van der Waals surface area contributed by atoms with Crippen LogP contribution in [0.25, 0.3) is 0 Å². The topological polar surface area (TPSA) is 20.2 Å². The molecule has 0 heterocycles. The van der Waals surface area contributed by atoms with Crippen LogP contribution in [-0.4, -0.2) is 5.11 Å². The Morgan fingerprint density at radius 2 is 1.75 bits per heavy atom. The first-order chi connectivity index (χ1) is 9.66. The Morgan fingerprint density at radius 1 is 1.00 bits per heavy atom. The van der Waals surface area contributed by atoms with Crippen LogP contribution < -0.4 is 0 Å². The van der Waals surface area contributed by atoms with Crippen molar-refractivity contribution in [1.82, 2.24) is 0 Å². The third-order valence-corrected chi connectivity index (χ3v) is 4.97. The number of hydrogen-bond acceptors (Lipinski definition) is 1. The van der Waals surface area contributed by atoms with Crippen LogP contribution in [0.5, 0.6) is 0 Å². The Kier molecular flexibility index (Phi) is 4.02. The summed E-state index contributed by atoms with van der Waals surface area (Å²) in [4.78, 5) is 0. The molecule has 2 aromatic carbocycles. The highest BCUT2D eigenvalue weighted by molar-refractivity contribution is 6.42. The van der Waals surface area contributed by atoms with Crippen LogP contribution in [0, 0.1) is 5.92 Å². The summed E-state index contributed by atoms with van der Waals surface area (Å²) in [5.74, 6) is 0.195. The van der Waals surface area contributed by atoms with Gasteiger partial charge in [-0.3, -0.25) is 0 Å². The van der Waals surface area contributed by atoms with Crippen LogP contribution in [0.3, 0.4) is 0 Å². The van der Waals surface area contributed by atoms with Crippen molar-refractivity contribution in [2.24, 2.45) is 5.92 Å². The lowest BCUT2D eigenvalue weighted by Gasteiger charge is -2.29. The summed E-state index contributed by atoms with van der Waals surface area (Å²) in [6.45, 7) is 0. The monoisotopic (exact) mass is 306 g/mol. The fraction of sp³-hybridized carbons (Fsp3) is 0.294. The van der Waals surface area contributed by atoms with Crippen LogP contribution in [0.4, 0.5) is 0 Å². The molecule has 0 saturated carbocycles. The minimum atomic E-state index is -0.561. The molecule has 0 spiro atoms. The molecule has 20 heavy (non-hydrogen) atoms. The van der Waals surface area contributed by atoms with E-state index in [4.69, 9.17) is 23.2 Å². The number of benzene rings is 2. The molecule has 0 bridgehead atoms. The summed E-state index contributed by atoms with van der Waals surface area (Å²) >= 11 is 12.3. The zero-order valence-electron chi connectivity index (χ0n) is 11.0. The lowest BCUT2D eigenvalue weighted by Crippen LogP contribution is -2.21. The molecule has 0 fully saturated rings. The molecule has 3 rings (SSSR count). The van der Waals surface area contributed by atoms with Gasteiger partial charge in [0.15, 0.2) is 0 Å². The predicted octanol–water partition coefficient (Wildman–Crippen LogP) is 4.83. The predicted molar refractivity (Wildman–Crippen MR) is 83.4 cm³/mol. The number of fused-ring (bicyclic) bond motifs is 1. The maximum absolute atomic E-state index is 10.6.